The first-order valence-corrected chi connectivity index (χ1v) is 8.97. The highest BCUT2D eigenvalue weighted by Crippen LogP contribution is 2.11. The molecule has 128 valence electrons. The number of allylic oxidation sites excluding steroid dienone is 1. The van der Waals surface area contributed by atoms with Crippen molar-refractivity contribution < 1.29 is 14.3 Å². The van der Waals surface area contributed by atoms with E-state index in [0.29, 0.717) is 5.78 Å². The number of hydrogen-bond donors (Lipinski definition) is 0. The van der Waals surface area contributed by atoms with Gasteiger partial charge in [0.1, 0.15) is 5.78 Å². The smallest absolute Gasteiger partial charge is 0.330 e. The fourth-order valence-corrected chi connectivity index (χ4v) is 2.41. The van der Waals surface area contributed by atoms with Gasteiger partial charge in [-0.2, -0.15) is 0 Å². The maximum atomic E-state index is 11.7. The van der Waals surface area contributed by atoms with Crippen molar-refractivity contribution in [3.05, 3.63) is 12.2 Å². The van der Waals surface area contributed by atoms with E-state index in [4.69, 9.17) is 0 Å². The first-order chi connectivity index (χ1) is 10.7. The summed E-state index contributed by atoms with van der Waals surface area (Å²) in [5, 5.41) is 0. The quantitative estimate of drug-likeness (QED) is 0.232. The Hall–Kier alpha value is -1.12. The van der Waals surface area contributed by atoms with Crippen LogP contribution in [-0.2, 0) is 14.3 Å². The largest absolute Gasteiger partial charge is 0.466 e. The molecule has 0 rings (SSSR count). The van der Waals surface area contributed by atoms with Crippen LogP contribution in [0.5, 0.6) is 0 Å². The van der Waals surface area contributed by atoms with E-state index >= 15 is 0 Å². The molecular formula is C19H34O3. The molecule has 0 heterocycles. The molecule has 0 aromatic carbocycles. The van der Waals surface area contributed by atoms with E-state index in [1.807, 2.05) is 6.08 Å². The van der Waals surface area contributed by atoms with E-state index in [-0.39, 0.29) is 5.97 Å². The van der Waals surface area contributed by atoms with Gasteiger partial charge in [-0.05, 0) is 25.7 Å². The molecule has 0 radical (unpaired) electrons. The van der Waals surface area contributed by atoms with Gasteiger partial charge in [0.2, 0.25) is 0 Å². The summed E-state index contributed by atoms with van der Waals surface area (Å²) < 4.78 is 4.51. The molecule has 0 N–H and O–H groups in total. The van der Waals surface area contributed by atoms with Crippen LogP contribution in [0, 0.1) is 0 Å². The number of ether oxygens (including phenoxy) is 1. The number of carbonyl (C=O) groups excluding carboxylic acids is 2. The zero-order chi connectivity index (χ0) is 16.5. The molecule has 0 spiro atoms. The maximum absolute atomic E-state index is 11.7. The zero-order valence-electron chi connectivity index (χ0n) is 14.6. The van der Waals surface area contributed by atoms with E-state index in [1.54, 1.807) is 0 Å². The van der Waals surface area contributed by atoms with Gasteiger partial charge in [0, 0.05) is 18.9 Å². The second-order valence-electron chi connectivity index (χ2n) is 5.93. The number of carbonyl (C=O) groups is 2. The van der Waals surface area contributed by atoms with E-state index in [1.165, 1.54) is 51.7 Å². The molecule has 0 atom stereocenters. The molecular weight excluding hydrogens is 276 g/mol. The van der Waals surface area contributed by atoms with Gasteiger partial charge < -0.3 is 4.74 Å². The Morgan fingerprint density at radius 2 is 1.36 bits per heavy atom. The fraction of sp³-hybridized carbons (Fsp3) is 0.789. The third kappa shape index (κ3) is 15.3. The molecule has 22 heavy (non-hydrogen) atoms. The summed E-state index contributed by atoms with van der Waals surface area (Å²) in [5.74, 6) is 0.114. The molecule has 0 fully saturated rings. The van der Waals surface area contributed by atoms with E-state index < -0.39 is 0 Å². The predicted molar refractivity (Wildman–Crippen MR) is 91.9 cm³/mol. The van der Waals surface area contributed by atoms with Gasteiger partial charge in [-0.15, -0.1) is 0 Å². The Labute approximate surface area is 136 Å². The summed E-state index contributed by atoms with van der Waals surface area (Å²) >= 11 is 0. The van der Waals surface area contributed by atoms with Crippen LogP contribution in [0.1, 0.15) is 90.4 Å². The van der Waals surface area contributed by atoms with Crippen LogP contribution in [0.2, 0.25) is 0 Å². The van der Waals surface area contributed by atoms with Crippen LogP contribution < -0.4 is 0 Å². The maximum Gasteiger partial charge on any atom is 0.330 e. The number of ketones is 1. The predicted octanol–water partition coefficient (Wildman–Crippen LogP) is 5.38. The minimum Gasteiger partial charge on any atom is -0.466 e. The number of Topliss-reactive ketones (excluding diaryl/α,β-unsaturated/α-hetero) is 1. The Kier molecular flexibility index (Phi) is 15.4. The molecule has 0 aromatic rings. The van der Waals surface area contributed by atoms with Gasteiger partial charge in [0.05, 0.1) is 7.11 Å². The summed E-state index contributed by atoms with van der Waals surface area (Å²) in [6.07, 6.45) is 17.5. The van der Waals surface area contributed by atoms with Crippen molar-refractivity contribution in [2.45, 2.75) is 90.4 Å². The number of hydrogen-bond acceptors (Lipinski definition) is 3. The zero-order valence-corrected chi connectivity index (χ0v) is 14.6. The SMILES string of the molecule is CCCCCCCCCC(=O)CCCCCC=CC(=O)OC. The minimum absolute atomic E-state index is 0.301. The van der Waals surface area contributed by atoms with Crippen molar-refractivity contribution in [2.75, 3.05) is 7.11 Å². The third-order valence-electron chi connectivity index (χ3n) is 3.84. The van der Waals surface area contributed by atoms with Gasteiger partial charge in [-0.1, -0.05) is 57.9 Å². The molecule has 3 nitrogen and oxygen atoms in total. The van der Waals surface area contributed by atoms with Crippen LogP contribution >= 0.6 is 0 Å². The van der Waals surface area contributed by atoms with E-state index in [2.05, 4.69) is 11.7 Å². The molecule has 0 saturated heterocycles. The van der Waals surface area contributed by atoms with Crippen molar-refractivity contribution in [1.82, 2.24) is 0 Å². The molecule has 3 heteroatoms. The minimum atomic E-state index is -0.301. The summed E-state index contributed by atoms with van der Waals surface area (Å²) in [6.45, 7) is 2.23. The molecule has 0 aromatic heterocycles. The number of unbranched alkanes of at least 4 members (excludes halogenated alkanes) is 9. The summed E-state index contributed by atoms with van der Waals surface area (Å²) in [4.78, 5) is 22.6. The average Bonchev–Trinajstić information content (AvgIpc) is 2.52. The van der Waals surface area contributed by atoms with E-state index in [9.17, 15) is 9.59 Å². The highest BCUT2D eigenvalue weighted by molar-refractivity contribution is 5.81. The highest BCUT2D eigenvalue weighted by atomic mass is 16.5. The topological polar surface area (TPSA) is 43.4 Å². The van der Waals surface area contributed by atoms with Crippen molar-refractivity contribution in [3.63, 3.8) is 0 Å². The van der Waals surface area contributed by atoms with Gasteiger partial charge in [0.25, 0.3) is 0 Å². The lowest BCUT2D eigenvalue weighted by molar-refractivity contribution is -0.134. The number of methoxy groups -OCH3 is 1. The molecule has 0 unspecified atom stereocenters. The van der Waals surface area contributed by atoms with Crippen LogP contribution in [0.15, 0.2) is 12.2 Å². The molecule has 0 saturated carbocycles. The van der Waals surface area contributed by atoms with Gasteiger partial charge in [-0.3, -0.25) is 4.79 Å². The monoisotopic (exact) mass is 310 g/mol. The first-order valence-electron chi connectivity index (χ1n) is 8.97. The van der Waals surface area contributed by atoms with Gasteiger partial charge in [0.15, 0.2) is 0 Å². The average molecular weight is 310 g/mol. The third-order valence-corrected chi connectivity index (χ3v) is 3.84. The standard InChI is InChI=1S/C19H34O3/c1-3-4-5-6-7-9-12-15-18(20)16-13-10-8-11-14-17-19(21)22-2/h14,17H,3-13,15-16H2,1-2H3. The molecule has 0 aliphatic heterocycles. The summed E-state index contributed by atoms with van der Waals surface area (Å²) in [5.41, 5.74) is 0. The number of rotatable bonds is 15. The lowest BCUT2D eigenvalue weighted by Gasteiger charge is -2.02. The Morgan fingerprint density at radius 3 is 1.95 bits per heavy atom. The fourth-order valence-electron chi connectivity index (χ4n) is 2.41. The van der Waals surface area contributed by atoms with Crippen molar-refractivity contribution >= 4 is 11.8 Å². The van der Waals surface area contributed by atoms with Crippen LogP contribution in [0.3, 0.4) is 0 Å². The molecule has 0 amide bonds. The first kappa shape index (κ1) is 20.9. The molecule has 0 aliphatic carbocycles. The Balaban J connectivity index is 3.29. The van der Waals surface area contributed by atoms with Gasteiger partial charge >= 0.3 is 5.97 Å². The second-order valence-corrected chi connectivity index (χ2v) is 5.93. The highest BCUT2D eigenvalue weighted by Gasteiger charge is 2.01. The molecule has 0 bridgehead atoms. The lowest BCUT2D eigenvalue weighted by atomic mass is 10.0. The number of esters is 1. The van der Waals surface area contributed by atoms with Crippen LogP contribution in [-0.4, -0.2) is 18.9 Å². The van der Waals surface area contributed by atoms with Crippen LogP contribution in [0.4, 0.5) is 0 Å². The van der Waals surface area contributed by atoms with Crippen molar-refractivity contribution in [3.8, 4) is 0 Å². The lowest BCUT2D eigenvalue weighted by Crippen LogP contribution is -1.97. The summed E-state index contributed by atoms with van der Waals surface area (Å²) in [6, 6.07) is 0. The second kappa shape index (κ2) is 16.3. The van der Waals surface area contributed by atoms with E-state index in [0.717, 1.165) is 44.9 Å². The van der Waals surface area contributed by atoms with Crippen LogP contribution in [0.25, 0.3) is 0 Å². The summed E-state index contributed by atoms with van der Waals surface area (Å²) in [7, 11) is 1.38. The Bertz CT molecular complexity index is 308. The van der Waals surface area contributed by atoms with Crippen molar-refractivity contribution in [2.24, 2.45) is 0 Å². The van der Waals surface area contributed by atoms with Gasteiger partial charge in [-0.25, -0.2) is 4.79 Å². The Morgan fingerprint density at radius 1 is 0.818 bits per heavy atom. The van der Waals surface area contributed by atoms with Crippen molar-refractivity contribution in [1.29, 1.82) is 0 Å². The molecule has 0 aliphatic rings. The normalized spacial score (nSPS) is 11.0.